The molecule has 9 nitrogen and oxygen atoms in total. The molecule has 1 N–H and O–H groups in total. The zero-order chi connectivity index (χ0) is 35.1. The van der Waals surface area contributed by atoms with E-state index in [1.165, 1.54) is 0 Å². The van der Waals surface area contributed by atoms with Crippen LogP contribution in [0.1, 0.15) is 66.8 Å². The zero-order valence-electron chi connectivity index (χ0n) is 28.5. The molecule has 5 aromatic rings. The van der Waals surface area contributed by atoms with Gasteiger partial charge < -0.3 is 24.1 Å². The molecule has 6 heterocycles. The molecule has 2 saturated carbocycles. The molecule has 51 heavy (non-hydrogen) atoms. The molecule has 5 atom stereocenters. The van der Waals surface area contributed by atoms with Crippen LogP contribution in [0.15, 0.2) is 42.9 Å². The first-order valence-electron chi connectivity index (χ1n) is 17.8. The number of carbonyl (C=O) groups excluding carboxylic acids is 1. The first-order chi connectivity index (χ1) is 24.7. The number of likely N-dealkylation sites (tertiary alicyclic amines) is 1. The summed E-state index contributed by atoms with van der Waals surface area (Å²) >= 11 is 13.1. The number of ether oxygens (including phenoxy) is 1. The maximum Gasteiger partial charge on any atom is 0.226 e. The number of imidazole rings is 1. The number of aromatic nitrogens is 4. The van der Waals surface area contributed by atoms with Crippen LogP contribution in [-0.4, -0.2) is 55.1 Å². The molecule has 0 spiro atoms. The average Bonchev–Trinajstić information content (AvgIpc) is 3.55. The lowest BCUT2D eigenvalue weighted by atomic mass is 9.79. The van der Waals surface area contributed by atoms with Gasteiger partial charge in [-0.15, -0.1) is 0 Å². The highest BCUT2D eigenvalue weighted by atomic mass is 35.5. The summed E-state index contributed by atoms with van der Waals surface area (Å²) in [7, 11) is 1.94. The normalized spacial score (nSPS) is 24.1. The number of hydrogen-bond donors (Lipinski definition) is 1. The Bertz CT molecular complexity index is 2260. The van der Waals surface area contributed by atoms with Gasteiger partial charge in [-0.1, -0.05) is 35.3 Å². The molecule has 3 aromatic heterocycles. The maximum absolute atomic E-state index is 17.2. The van der Waals surface area contributed by atoms with Crippen molar-refractivity contribution in [2.24, 2.45) is 18.9 Å². The van der Waals surface area contributed by atoms with Gasteiger partial charge in [0.05, 0.1) is 58.4 Å². The number of halogens is 3. The number of rotatable bonds is 9. The molecule has 5 fully saturated rings. The number of aryl methyl sites for hydroxylation is 3. The van der Waals surface area contributed by atoms with Gasteiger partial charge in [-0.25, -0.2) is 14.4 Å². The summed E-state index contributed by atoms with van der Waals surface area (Å²) in [6.07, 6.45) is 7.67. The van der Waals surface area contributed by atoms with E-state index < -0.39 is 5.82 Å². The van der Waals surface area contributed by atoms with Crippen molar-refractivity contribution >= 4 is 50.9 Å². The van der Waals surface area contributed by atoms with Crippen molar-refractivity contribution in [3.8, 4) is 17.2 Å². The quantitative estimate of drug-likeness (QED) is 0.168. The number of nitrogens with zero attached hydrogens (tertiary/aromatic N) is 6. The van der Waals surface area contributed by atoms with E-state index in [4.69, 9.17) is 32.9 Å². The van der Waals surface area contributed by atoms with E-state index in [-0.39, 0.29) is 53.0 Å². The highest BCUT2D eigenvalue weighted by molar-refractivity contribution is 6.43. The minimum atomic E-state index is -0.479. The smallest absolute Gasteiger partial charge is 0.226 e. The first kappa shape index (κ1) is 32.9. The van der Waals surface area contributed by atoms with E-state index in [1.54, 1.807) is 24.5 Å². The molecular formula is C39H38Cl2FN7O2. The number of benzene rings is 2. The number of pyridine rings is 1. The molecule has 12 heteroatoms. The molecule has 2 aliphatic carbocycles. The van der Waals surface area contributed by atoms with Gasteiger partial charge in [-0.2, -0.15) is 5.26 Å². The van der Waals surface area contributed by atoms with Crippen molar-refractivity contribution in [3.05, 3.63) is 81.4 Å². The van der Waals surface area contributed by atoms with Crippen LogP contribution in [0.5, 0.6) is 0 Å². The largest absolute Gasteiger partial charge is 0.370 e. The van der Waals surface area contributed by atoms with Crippen molar-refractivity contribution in [3.63, 3.8) is 0 Å². The molecule has 10 rings (SSSR count). The summed E-state index contributed by atoms with van der Waals surface area (Å²) in [5.74, 6) is 0.181. The fourth-order valence-electron chi connectivity index (χ4n) is 8.85. The van der Waals surface area contributed by atoms with Crippen molar-refractivity contribution in [2.75, 3.05) is 13.1 Å². The van der Waals surface area contributed by atoms with E-state index in [0.29, 0.717) is 64.7 Å². The summed E-state index contributed by atoms with van der Waals surface area (Å²) in [6, 6.07) is 11.9. The third-order valence-corrected chi connectivity index (χ3v) is 12.3. The molecule has 1 amide bonds. The van der Waals surface area contributed by atoms with Gasteiger partial charge in [0, 0.05) is 84.4 Å². The third kappa shape index (κ3) is 5.43. The van der Waals surface area contributed by atoms with Crippen LogP contribution < -0.4 is 5.32 Å². The Morgan fingerprint density at radius 1 is 1.20 bits per heavy atom. The third-order valence-electron chi connectivity index (χ3n) is 11.5. The Morgan fingerprint density at radius 3 is 2.75 bits per heavy atom. The lowest BCUT2D eigenvalue weighted by Crippen LogP contribution is -2.41. The minimum Gasteiger partial charge on any atom is -0.370 e. The Hall–Kier alpha value is -4.01. The lowest BCUT2D eigenvalue weighted by molar-refractivity contribution is -0.134. The molecule has 2 bridgehead atoms. The topological polar surface area (TPSA) is 101 Å². The fraction of sp³-hybridized carbons (Fsp3) is 0.436. The van der Waals surface area contributed by atoms with Gasteiger partial charge >= 0.3 is 0 Å². The van der Waals surface area contributed by atoms with Crippen LogP contribution in [0.2, 0.25) is 10.0 Å². The Kier molecular flexibility index (Phi) is 8.11. The predicted octanol–water partition coefficient (Wildman–Crippen LogP) is 7.60. The summed E-state index contributed by atoms with van der Waals surface area (Å²) in [6.45, 7) is 3.74. The fourth-order valence-corrected chi connectivity index (χ4v) is 9.25. The second kappa shape index (κ2) is 12.6. The monoisotopic (exact) mass is 725 g/mol. The minimum absolute atomic E-state index is 0.0548. The van der Waals surface area contributed by atoms with Crippen LogP contribution in [-0.2, 0) is 29.6 Å². The number of fused-ring (bicyclic) bond motifs is 4. The van der Waals surface area contributed by atoms with Gasteiger partial charge in [0.25, 0.3) is 0 Å². The van der Waals surface area contributed by atoms with Gasteiger partial charge in [0.1, 0.15) is 5.52 Å². The van der Waals surface area contributed by atoms with E-state index >= 15 is 4.39 Å². The van der Waals surface area contributed by atoms with E-state index in [0.717, 1.165) is 48.1 Å². The highest BCUT2D eigenvalue weighted by Crippen LogP contribution is 2.51. The van der Waals surface area contributed by atoms with Crippen LogP contribution in [0.3, 0.4) is 0 Å². The van der Waals surface area contributed by atoms with Crippen LogP contribution in [0.25, 0.3) is 32.9 Å². The number of hydrogen-bond acceptors (Lipinski definition) is 6. The second-order valence-electron chi connectivity index (χ2n) is 14.8. The molecule has 0 unspecified atom stereocenters. The number of nitriles is 1. The van der Waals surface area contributed by atoms with Gasteiger partial charge in [-0.05, 0) is 62.3 Å². The molecule has 3 saturated heterocycles. The lowest BCUT2D eigenvalue weighted by Gasteiger charge is -2.39. The standard InChI is InChI=1S/C39H38Cl2FN7O2/c1-20-27-14-32(31-13-25(17-48(31)39(50)21-8-9-21)51-18-24-16-47(2)19-45-24)49(37-23-12-30(37)44-15-23)38(27)28-11-22(5-4-10-43)33(35(42)36(28)46-20)26-6-3-7-29(40)34(26)41/h3,6-7,11,14,16,19,21,23,25,30-31,37,44H,4-5,8-9,12-13,15,17-18H2,1-2H3/t23-,25+,30-,31-,37+/m1/s1. The van der Waals surface area contributed by atoms with E-state index in [1.807, 2.05) is 35.7 Å². The number of carbonyl (C=O) groups is 1. The Balaban J connectivity index is 1.23. The summed E-state index contributed by atoms with van der Waals surface area (Å²) in [4.78, 5) is 25.3. The number of nitrogens with one attached hydrogen (secondary N) is 1. The SMILES string of the molecule is Cc1nc2c(F)c(-c3cccc(Cl)c3Cl)c(CCC#N)cc2c2c1cc([C@H]1C[C@H](OCc3cn(C)cn3)CN1C(=O)C1CC1)n2[C@H]1[C@H]2CN[C@@H]1C2. The predicted molar refractivity (Wildman–Crippen MR) is 194 cm³/mol. The van der Waals surface area contributed by atoms with Crippen LogP contribution in [0.4, 0.5) is 4.39 Å². The van der Waals surface area contributed by atoms with E-state index in [2.05, 4.69) is 27.0 Å². The highest BCUT2D eigenvalue weighted by Gasteiger charge is 2.51. The van der Waals surface area contributed by atoms with Crippen molar-refractivity contribution in [1.82, 2.24) is 29.3 Å². The number of amides is 1. The van der Waals surface area contributed by atoms with Crippen LogP contribution >= 0.6 is 23.2 Å². The average molecular weight is 727 g/mol. The molecule has 2 aromatic carbocycles. The summed E-state index contributed by atoms with van der Waals surface area (Å²) in [5, 5.41) is 15.5. The maximum atomic E-state index is 17.2. The van der Waals surface area contributed by atoms with Gasteiger partial charge in [0.15, 0.2) is 5.82 Å². The van der Waals surface area contributed by atoms with Gasteiger partial charge in [0.2, 0.25) is 5.91 Å². The summed E-state index contributed by atoms with van der Waals surface area (Å²) in [5.41, 5.74) is 5.27. The molecule has 0 radical (unpaired) electrons. The van der Waals surface area contributed by atoms with E-state index in [9.17, 15) is 10.1 Å². The van der Waals surface area contributed by atoms with Crippen molar-refractivity contribution in [2.45, 2.75) is 76.3 Å². The summed E-state index contributed by atoms with van der Waals surface area (Å²) < 4.78 is 27.9. The Labute approximate surface area is 305 Å². The zero-order valence-corrected chi connectivity index (χ0v) is 30.0. The molecule has 3 aliphatic heterocycles. The Morgan fingerprint density at radius 2 is 2.04 bits per heavy atom. The molecule has 262 valence electrons. The second-order valence-corrected chi connectivity index (χ2v) is 15.5. The van der Waals surface area contributed by atoms with Crippen molar-refractivity contribution < 1.29 is 13.9 Å². The van der Waals surface area contributed by atoms with Crippen molar-refractivity contribution in [1.29, 1.82) is 5.26 Å². The van der Waals surface area contributed by atoms with Gasteiger partial charge in [-0.3, -0.25) is 4.79 Å². The van der Waals surface area contributed by atoms with Crippen LogP contribution in [0, 0.1) is 35.9 Å². The first-order valence-corrected chi connectivity index (χ1v) is 18.6. The molecular weight excluding hydrogens is 688 g/mol. The molecule has 5 aliphatic rings.